The predicted octanol–water partition coefficient (Wildman–Crippen LogP) is 1.79. The monoisotopic (exact) mass is 192 g/mol. The van der Waals surface area contributed by atoms with E-state index in [2.05, 4.69) is 4.74 Å². The van der Waals surface area contributed by atoms with E-state index in [9.17, 15) is 4.79 Å². The number of hydrogen-bond donors (Lipinski definition) is 0. The fourth-order valence-corrected chi connectivity index (χ4v) is 2.14. The lowest BCUT2D eigenvalue weighted by molar-refractivity contribution is -0.135. The first-order valence-corrected chi connectivity index (χ1v) is 4.70. The number of ether oxygens (including phenoxy) is 1. The van der Waals surface area contributed by atoms with Crippen LogP contribution in [0.1, 0.15) is 6.42 Å². The second-order valence-electron chi connectivity index (χ2n) is 2.19. The van der Waals surface area contributed by atoms with Gasteiger partial charge in [0.05, 0.1) is 12.0 Å². The predicted molar refractivity (Wildman–Crippen MR) is 46.8 cm³/mol. The molecule has 2 nitrogen and oxygen atoms in total. The number of carbonyl (C=O) groups is 1. The van der Waals surface area contributed by atoms with E-state index < -0.39 is 0 Å². The summed E-state index contributed by atoms with van der Waals surface area (Å²) >= 11 is 7.11. The van der Waals surface area contributed by atoms with Crippen molar-refractivity contribution in [2.75, 3.05) is 13.0 Å². The summed E-state index contributed by atoms with van der Waals surface area (Å²) in [5.74, 6) is 0.337. The van der Waals surface area contributed by atoms with Crippen molar-refractivity contribution in [3.8, 4) is 0 Å². The standard InChI is InChI=1S/C7H9ClO2S/c1-10-7(9)6-3-2-5(4-8)11-6/h3,5H,2,4H2,1H3. The molecule has 0 fully saturated rings. The van der Waals surface area contributed by atoms with E-state index in [-0.39, 0.29) is 5.97 Å². The zero-order chi connectivity index (χ0) is 8.27. The van der Waals surface area contributed by atoms with Gasteiger partial charge in [-0.1, -0.05) is 6.08 Å². The number of alkyl halides is 1. The van der Waals surface area contributed by atoms with E-state index >= 15 is 0 Å². The number of hydrogen-bond acceptors (Lipinski definition) is 3. The fourth-order valence-electron chi connectivity index (χ4n) is 0.841. The molecule has 1 heterocycles. The van der Waals surface area contributed by atoms with Crippen molar-refractivity contribution in [3.63, 3.8) is 0 Å². The van der Waals surface area contributed by atoms with Gasteiger partial charge in [-0.05, 0) is 6.42 Å². The first-order chi connectivity index (χ1) is 5.27. The maximum Gasteiger partial charge on any atom is 0.344 e. The van der Waals surface area contributed by atoms with E-state index in [1.165, 1.54) is 18.9 Å². The summed E-state index contributed by atoms with van der Waals surface area (Å²) in [5.41, 5.74) is 0. The van der Waals surface area contributed by atoms with Gasteiger partial charge in [0, 0.05) is 11.1 Å². The third-order valence-corrected chi connectivity index (χ3v) is 3.25. The molecule has 1 unspecified atom stereocenters. The van der Waals surface area contributed by atoms with Gasteiger partial charge in [0.15, 0.2) is 0 Å². The molecule has 0 aromatic rings. The molecular formula is C7H9ClO2S. The number of allylic oxidation sites excluding steroid dienone is 1. The Bertz CT molecular complexity index is 191. The van der Waals surface area contributed by atoms with Gasteiger partial charge >= 0.3 is 5.97 Å². The molecule has 0 aliphatic carbocycles. The molecule has 1 rings (SSSR count). The average molecular weight is 193 g/mol. The molecule has 11 heavy (non-hydrogen) atoms. The Hall–Kier alpha value is -0.150. The minimum Gasteiger partial charge on any atom is -0.465 e. The van der Waals surface area contributed by atoms with Crippen LogP contribution < -0.4 is 0 Å². The first kappa shape index (κ1) is 8.94. The fraction of sp³-hybridized carbons (Fsp3) is 0.571. The molecule has 1 atom stereocenters. The molecule has 0 saturated carbocycles. The van der Waals surface area contributed by atoms with Crippen molar-refractivity contribution < 1.29 is 9.53 Å². The number of methoxy groups -OCH3 is 1. The van der Waals surface area contributed by atoms with Gasteiger partial charge in [-0.2, -0.15) is 0 Å². The van der Waals surface area contributed by atoms with Crippen LogP contribution in [0.5, 0.6) is 0 Å². The highest BCUT2D eigenvalue weighted by molar-refractivity contribution is 8.04. The number of halogens is 1. The maximum absolute atomic E-state index is 10.9. The van der Waals surface area contributed by atoms with Crippen LogP contribution in [0.3, 0.4) is 0 Å². The number of esters is 1. The summed E-state index contributed by atoms with van der Waals surface area (Å²) in [4.78, 5) is 11.6. The third kappa shape index (κ3) is 2.14. The second kappa shape index (κ2) is 4.02. The minimum atomic E-state index is -0.248. The normalized spacial score (nSPS) is 23.1. The van der Waals surface area contributed by atoms with Crippen LogP contribution in [-0.2, 0) is 9.53 Å². The Balaban J connectivity index is 2.45. The second-order valence-corrected chi connectivity index (χ2v) is 3.84. The van der Waals surface area contributed by atoms with Gasteiger partial charge in [0.25, 0.3) is 0 Å². The Morgan fingerprint density at radius 1 is 2.00 bits per heavy atom. The molecule has 0 radical (unpaired) electrons. The Kier molecular flexibility index (Phi) is 3.27. The summed E-state index contributed by atoms with van der Waals surface area (Å²) < 4.78 is 4.56. The molecule has 0 amide bonds. The molecule has 1 aliphatic rings. The zero-order valence-corrected chi connectivity index (χ0v) is 7.74. The Morgan fingerprint density at radius 2 is 2.73 bits per heavy atom. The van der Waals surface area contributed by atoms with Gasteiger partial charge in [0.2, 0.25) is 0 Å². The maximum atomic E-state index is 10.9. The summed E-state index contributed by atoms with van der Waals surface area (Å²) in [6.07, 6.45) is 2.75. The molecule has 1 aliphatic heterocycles. The van der Waals surface area contributed by atoms with Crippen LogP contribution in [0.4, 0.5) is 0 Å². The Morgan fingerprint density at radius 3 is 3.18 bits per heavy atom. The van der Waals surface area contributed by atoms with Crippen molar-refractivity contribution in [1.82, 2.24) is 0 Å². The van der Waals surface area contributed by atoms with E-state index in [0.29, 0.717) is 16.0 Å². The highest BCUT2D eigenvalue weighted by Gasteiger charge is 2.22. The highest BCUT2D eigenvalue weighted by Crippen LogP contribution is 2.33. The molecule has 4 heteroatoms. The largest absolute Gasteiger partial charge is 0.465 e. The van der Waals surface area contributed by atoms with E-state index in [1.54, 1.807) is 0 Å². The van der Waals surface area contributed by atoms with Crippen molar-refractivity contribution >= 4 is 29.3 Å². The topological polar surface area (TPSA) is 26.3 Å². The number of thioether (sulfide) groups is 1. The molecule has 0 N–H and O–H groups in total. The quantitative estimate of drug-likeness (QED) is 0.493. The van der Waals surface area contributed by atoms with Crippen molar-refractivity contribution in [2.24, 2.45) is 0 Å². The molecule has 62 valence electrons. The highest BCUT2D eigenvalue weighted by atomic mass is 35.5. The van der Waals surface area contributed by atoms with Crippen LogP contribution in [0, 0.1) is 0 Å². The molecular weight excluding hydrogens is 184 g/mol. The Labute approximate surface area is 74.9 Å². The van der Waals surface area contributed by atoms with Crippen LogP contribution in [0.15, 0.2) is 11.0 Å². The van der Waals surface area contributed by atoms with Crippen LogP contribution >= 0.6 is 23.4 Å². The van der Waals surface area contributed by atoms with Crippen LogP contribution in [0.2, 0.25) is 0 Å². The SMILES string of the molecule is COC(=O)C1=CCC(CCl)S1. The van der Waals surface area contributed by atoms with Crippen molar-refractivity contribution in [2.45, 2.75) is 11.7 Å². The number of rotatable bonds is 2. The summed E-state index contributed by atoms with van der Waals surface area (Å²) in [6.45, 7) is 0. The first-order valence-electron chi connectivity index (χ1n) is 3.29. The summed E-state index contributed by atoms with van der Waals surface area (Å²) in [5, 5.41) is 0.353. The molecule has 0 bridgehead atoms. The van der Waals surface area contributed by atoms with E-state index in [0.717, 1.165) is 6.42 Å². The van der Waals surface area contributed by atoms with Crippen LogP contribution in [0.25, 0.3) is 0 Å². The molecule has 0 saturated heterocycles. The van der Waals surface area contributed by atoms with Gasteiger partial charge in [-0.15, -0.1) is 23.4 Å². The van der Waals surface area contributed by atoms with Gasteiger partial charge < -0.3 is 4.74 Å². The van der Waals surface area contributed by atoms with Gasteiger partial charge in [-0.3, -0.25) is 0 Å². The number of carbonyl (C=O) groups excluding carboxylic acids is 1. The third-order valence-electron chi connectivity index (χ3n) is 1.42. The lowest BCUT2D eigenvalue weighted by Crippen LogP contribution is -2.02. The molecule has 0 aromatic heterocycles. The molecule has 0 spiro atoms. The lowest BCUT2D eigenvalue weighted by Gasteiger charge is -2.02. The zero-order valence-electron chi connectivity index (χ0n) is 6.17. The average Bonchev–Trinajstić information content (AvgIpc) is 2.50. The summed E-state index contributed by atoms with van der Waals surface area (Å²) in [7, 11) is 1.39. The summed E-state index contributed by atoms with van der Waals surface area (Å²) in [6, 6.07) is 0. The van der Waals surface area contributed by atoms with Gasteiger partial charge in [0.1, 0.15) is 0 Å². The lowest BCUT2D eigenvalue weighted by atomic mass is 10.3. The van der Waals surface area contributed by atoms with Gasteiger partial charge in [-0.25, -0.2) is 4.79 Å². The van der Waals surface area contributed by atoms with E-state index in [1.807, 2.05) is 6.08 Å². The minimum absolute atomic E-state index is 0.248. The van der Waals surface area contributed by atoms with E-state index in [4.69, 9.17) is 11.6 Å². The van der Waals surface area contributed by atoms with Crippen molar-refractivity contribution in [1.29, 1.82) is 0 Å². The van der Waals surface area contributed by atoms with Crippen LogP contribution in [-0.4, -0.2) is 24.2 Å². The smallest absolute Gasteiger partial charge is 0.344 e. The molecule has 0 aromatic carbocycles. The van der Waals surface area contributed by atoms with Crippen molar-refractivity contribution in [3.05, 3.63) is 11.0 Å².